The highest BCUT2D eigenvalue weighted by atomic mass is 16.7. The first-order chi connectivity index (χ1) is 21.5. The molecule has 0 saturated carbocycles. The fraction of sp³-hybridized carbons (Fsp3) is 0.500. The van der Waals surface area contributed by atoms with Crippen LogP contribution in [0.4, 0.5) is 0 Å². The molecule has 2 aromatic rings. The average Bonchev–Trinajstić information content (AvgIpc) is 2.93. The van der Waals surface area contributed by atoms with Crippen LogP contribution in [0.25, 0.3) is 11.0 Å². The smallest absolute Gasteiger partial charge is 0.379 e. The minimum atomic E-state index is -2.48. The molecule has 16 nitrogen and oxygen atoms in total. The highest BCUT2D eigenvalue weighted by Crippen LogP contribution is 2.38. The van der Waals surface area contributed by atoms with Crippen LogP contribution in [0.5, 0.6) is 5.75 Å². The van der Waals surface area contributed by atoms with E-state index < -0.39 is 90.7 Å². The summed E-state index contributed by atoms with van der Waals surface area (Å²) in [7, 11) is 1.03. The SMILES string of the molecule is COC(=O)C1(Oc2ccc3c(C)cc(=O)oc3c2)CC(OC(C)=O)C(NC(C)=O)C([C@@H](OC(C)=O)[C@H](COC(C)=O)OC(C)=O)O1. The molecule has 3 rings (SSSR count). The van der Waals surface area contributed by atoms with E-state index in [4.69, 9.17) is 37.6 Å². The van der Waals surface area contributed by atoms with Gasteiger partial charge in [-0.1, -0.05) is 0 Å². The second-order valence-electron chi connectivity index (χ2n) is 10.4. The molecule has 16 heteroatoms. The lowest BCUT2D eigenvalue weighted by molar-refractivity contribution is -0.289. The summed E-state index contributed by atoms with van der Waals surface area (Å²) in [5.74, 6) is -7.73. The fourth-order valence-electron chi connectivity index (χ4n) is 5.06. The Kier molecular flexibility index (Phi) is 11.5. The summed E-state index contributed by atoms with van der Waals surface area (Å²) in [5, 5.41) is 3.14. The summed E-state index contributed by atoms with van der Waals surface area (Å²) in [5.41, 5.74) is 0.0769. The molecule has 1 aliphatic rings. The molecule has 1 N–H and O–H groups in total. The predicted molar refractivity (Wildman–Crippen MR) is 153 cm³/mol. The lowest BCUT2D eigenvalue weighted by Gasteiger charge is -2.48. The Bertz CT molecular complexity index is 1570. The van der Waals surface area contributed by atoms with Gasteiger partial charge in [-0.2, -0.15) is 0 Å². The number of rotatable bonds is 11. The van der Waals surface area contributed by atoms with Crippen molar-refractivity contribution in [2.75, 3.05) is 13.7 Å². The van der Waals surface area contributed by atoms with E-state index in [-0.39, 0.29) is 11.3 Å². The van der Waals surface area contributed by atoms with E-state index in [1.165, 1.54) is 18.2 Å². The normalized spacial score (nSPS) is 22.0. The standard InChI is InChI=1S/C30H35NO15/c1-14-10-25(37)44-22-11-20(8-9-21(14)22)45-30(29(38)39-7)12-23(41-17(4)34)26(31-15(2)32)28(46-30)27(43-19(6)36)24(42-18(5)35)13-40-16(3)33/h8-11,23-24,26-28H,12-13H2,1-7H3,(H,31,32)/t23?,24-,26?,27-,28?,30?/m0/s1. The molecule has 1 aromatic carbocycles. The lowest BCUT2D eigenvalue weighted by atomic mass is 9.88. The third kappa shape index (κ3) is 8.80. The molecule has 4 unspecified atom stereocenters. The van der Waals surface area contributed by atoms with Gasteiger partial charge in [-0.3, -0.25) is 24.0 Å². The van der Waals surface area contributed by atoms with Crippen LogP contribution in [0.1, 0.15) is 46.6 Å². The van der Waals surface area contributed by atoms with Gasteiger partial charge in [0.2, 0.25) is 5.91 Å². The van der Waals surface area contributed by atoms with Crippen molar-refractivity contribution in [3.63, 3.8) is 0 Å². The Hall–Kier alpha value is -4.99. The van der Waals surface area contributed by atoms with Crippen LogP contribution >= 0.6 is 0 Å². The second kappa shape index (κ2) is 14.9. The predicted octanol–water partition coefficient (Wildman–Crippen LogP) is 1.00. The van der Waals surface area contributed by atoms with Crippen LogP contribution in [0.3, 0.4) is 0 Å². The molecule has 0 aliphatic carbocycles. The molecule has 1 fully saturated rings. The molecule has 2 heterocycles. The Morgan fingerprint density at radius 1 is 0.957 bits per heavy atom. The molecule has 0 radical (unpaired) electrons. The maximum atomic E-state index is 13.5. The zero-order valence-corrected chi connectivity index (χ0v) is 26.2. The Morgan fingerprint density at radius 3 is 2.20 bits per heavy atom. The maximum absolute atomic E-state index is 13.5. The van der Waals surface area contributed by atoms with Gasteiger partial charge in [0.15, 0.2) is 12.2 Å². The molecule has 1 amide bonds. The largest absolute Gasteiger partial charge is 0.464 e. The maximum Gasteiger partial charge on any atom is 0.379 e. The lowest BCUT2D eigenvalue weighted by Crippen LogP contribution is -2.70. The van der Waals surface area contributed by atoms with Gasteiger partial charge in [-0.25, -0.2) is 9.59 Å². The zero-order valence-electron chi connectivity index (χ0n) is 26.2. The van der Waals surface area contributed by atoms with Crippen molar-refractivity contribution in [1.29, 1.82) is 0 Å². The number of carbonyl (C=O) groups is 6. The van der Waals surface area contributed by atoms with Gasteiger partial charge in [0.1, 0.15) is 30.1 Å². The number of amides is 1. The second-order valence-corrected chi connectivity index (χ2v) is 10.4. The molecule has 46 heavy (non-hydrogen) atoms. The molecule has 1 aromatic heterocycles. The summed E-state index contributed by atoms with van der Waals surface area (Å²) in [6.45, 7) is 6.43. The van der Waals surface area contributed by atoms with Gasteiger partial charge >= 0.3 is 41.3 Å². The molecular weight excluding hydrogens is 614 g/mol. The van der Waals surface area contributed by atoms with E-state index in [0.29, 0.717) is 10.9 Å². The average molecular weight is 650 g/mol. The minimum Gasteiger partial charge on any atom is -0.464 e. The van der Waals surface area contributed by atoms with E-state index in [1.54, 1.807) is 13.0 Å². The number of hydrogen-bond acceptors (Lipinski definition) is 15. The van der Waals surface area contributed by atoms with Crippen LogP contribution in [-0.2, 0) is 57.2 Å². The molecule has 0 bridgehead atoms. The van der Waals surface area contributed by atoms with Gasteiger partial charge in [0.05, 0.1) is 19.6 Å². The van der Waals surface area contributed by atoms with Gasteiger partial charge in [0.25, 0.3) is 0 Å². The summed E-state index contributed by atoms with van der Waals surface area (Å²) in [4.78, 5) is 86.4. The zero-order chi connectivity index (χ0) is 34.3. The summed E-state index contributed by atoms with van der Waals surface area (Å²) >= 11 is 0. The number of nitrogens with one attached hydrogen (secondary N) is 1. The van der Waals surface area contributed by atoms with Crippen molar-refractivity contribution in [2.45, 2.75) is 84.2 Å². The fourth-order valence-corrected chi connectivity index (χ4v) is 5.06. The first kappa shape index (κ1) is 35.5. The molecule has 1 saturated heterocycles. The highest BCUT2D eigenvalue weighted by Gasteiger charge is 2.60. The van der Waals surface area contributed by atoms with Crippen LogP contribution in [0.2, 0.25) is 0 Å². The van der Waals surface area contributed by atoms with Crippen molar-refractivity contribution < 1.29 is 66.3 Å². The Labute approximate surface area is 262 Å². The van der Waals surface area contributed by atoms with Crippen molar-refractivity contribution in [1.82, 2.24) is 5.32 Å². The number of esters is 5. The van der Waals surface area contributed by atoms with Crippen LogP contribution in [0.15, 0.2) is 33.5 Å². The van der Waals surface area contributed by atoms with Gasteiger partial charge in [0, 0.05) is 52.1 Å². The van der Waals surface area contributed by atoms with E-state index >= 15 is 0 Å². The third-order valence-electron chi connectivity index (χ3n) is 6.70. The Balaban J connectivity index is 2.25. The number of methoxy groups -OCH3 is 1. The van der Waals surface area contributed by atoms with Gasteiger partial charge < -0.3 is 42.9 Å². The van der Waals surface area contributed by atoms with E-state index in [2.05, 4.69) is 5.32 Å². The van der Waals surface area contributed by atoms with E-state index in [0.717, 1.165) is 41.7 Å². The summed E-state index contributed by atoms with van der Waals surface area (Å²) in [6, 6.07) is 4.27. The molecule has 0 spiro atoms. The van der Waals surface area contributed by atoms with Gasteiger partial charge in [-0.05, 0) is 24.6 Å². The summed E-state index contributed by atoms with van der Waals surface area (Å²) < 4.78 is 44.1. The van der Waals surface area contributed by atoms with Crippen molar-refractivity contribution in [3.8, 4) is 5.75 Å². The number of aryl methyl sites for hydroxylation is 1. The quantitative estimate of drug-likeness (QED) is 0.204. The van der Waals surface area contributed by atoms with Gasteiger partial charge in [-0.15, -0.1) is 0 Å². The van der Waals surface area contributed by atoms with E-state index in [1.807, 2.05) is 0 Å². The van der Waals surface area contributed by atoms with Crippen molar-refractivity contribution in [3.05, 3.63) is 40.2 Å². The molecule has 250 valence electrons. The number of fused-ring (bicyclic) bond motifs is 1. The number of benzene rings is 1. The monoisotopic (exact) mass is 649 g/mol. The topological polar surface area (TPSA) is 209 Å². The van der Waals surface area contributed by atoms with Crippen molar-refractivity contribution >= 4 is 46.7 Å². The van der Waals surface area contributed by atoms with Crippen molar-refractivity contribution in [2.24, 2.45) is 0 Å². The van der Waals surface area contributed by atoms with E-state index in [9.17, 15) is 33.6 Å². The number of hydrogen-bond donors (Lipinski definition) is 1. The molecular formula is C30H35NO15. The number of carbonyl (C=O) groups excluding carboxylic acids is 6. The van der Waals surface area contributed by atoms with Crippen LogP contribution in [0, 0.1) is 6.92 Å². The first-order valence-electron chi connectivity index (χ1n) is 14.0. The highest BCUT2D eigenvalue weighted by molar-refractivity contribution is 5.82. The molecule has 6 atom stereocenters. The first-order valence-corrected chi connectivity index (χ1v) is 14.0. The Morgan fingerprint density at radius 2 is 1.63 bits per heavy atom. The van der Waals surface area contributed by atoms with Crippen LogP contribution in [-0.4, -0.2) is 85.7 Å². The molecule has 1 aliphatic heterocycles. The third-order valence-corrected chi connectivity index (χ3v) is 6.70. The summed E-state index contributed by atoms with van der Waals surface area (Å²) in [6.07, 6.45) is -6.95. The minimum absolute atomic E-state index is 0.0644. The number of ether oxygens (including phenoxy) is 7. The van der Waals surface area contributed by atoms with Crippen LogP contribution < -0.4 is 15.7 Å².